The Kier molecular flexibility index (Phi) is 12.6. The van der Waals surface area contributed by atoms with Gasteiger partial charge in [-0.05, 0) is 0 Å². The Bertz CT molecular complexity index is 2200. The van der Waals surface area contributed by atoms with Gasteiger partial charge in [0.2, 0.25) is 0 Å². The zero-order valence-electron chi connectivity index (χ0n) is 36.4. The van der Waals surface area contributed by atoms with Gasteiger partial charge in [-0.2, -0.15) is 0 Å². The fraction of sp³-hybridized carbons (Fsp3) is 0.321. The Labute approximate surface area is 357 Å². The van der Waals surface area contributed by atoms with Gasteiger partial charge in [-0.1, -0.05) is 0 Å². The first-order valence-electron chi connectivity index (χ1n) is 20.8. The van der Waals surface area contributed by atoms with Crippen molar-refractivity contribution in [3.63, 3.8) is 0 Å². The van der Waals surface area contributed by atoms with E-state index in [0.717, 1.165) is 33.4 Å². The predicted octanol–water partition coefficient (Wildman–Crippen LogP) is 9.20. The second-order valence-electron chi connectivity index (χ2n) is 18.6. The van der Waals surface area contributed by atoms with Gasteiger partial charge in [0.15, 0.2) is 0 Å². The van der Waals surface area contributed by atoms with Crippen LogP contribution in [0.15, 0.2) is 158 Å². The zero-order chi connectivity index (χ0) is 43.6. The molecule has 0 radical (unpaired) electrons. The van der Waals surface area contributed by atoms with E-state index >= 15 is 0 Å². The van der Waals surface area contributed by atoms with E-state index in [1.807, 2.05) is 109 Å². The van der Waals surface area contributed by atoms with Gasteiger partial charge >= 0.3 is 359 Å². The van der Waals surface area contributed by atoms with Crippen molar-refractivity contribution in [2.75, 3.05) is 26.4 Å². The van der Waals surface area contributed by atoms with E-state index in [2.05, 4.69) is 91.8 Å². The second-order valence-corrected chi connectivity index (χ2v) is 21.7. The molecule has 0 aliphatic heterocycles. The summed E-state index contributed by atoms with van der Waals surface area (Å²) in [6, 6.07) is 52.2. The predicted molar refractivity (Wildman–Crippen MR) is 247 cm³/mol. The molecular weight excluding hydrogens is 764 g/mol. The molecule has 0 amide bonds. The maximum atomic E-state index is 14.1. The van der Waals surface area contributed by atoms with E-state index in [-0.39, 0.29) is 10.6 Å². The van der Waals surface area contributed by atoms with Crippen LogP contribution in [0.25, 0.3) is 0 Å². The summed E-state index contributed by atoms with van der Waals surface area (Å²) < 4.78 is 6.75. The molecule has 6 aromatic carbocycles. The SMILES string of the molecule is CC(C)(c1ccccc1)c1ccc(P(O)(O)(OCC(CO)(CO)CO)c2ccc(C(C)(C)c3ccccc3)cc2C(C)(C)c2ccccc2)c(C(C)(C)c2ccccc2)c1. The van der Waals surface area contributed by atoms with Gasteiger partial charge < -0.3 is 0 Å². The first kappa shape index (κ1) is 45.0. The third-order valence-corrected chi connectivity index (χ3v) is 16.4. The molecule has 0 heterocycles. The topological polar surface area (TPSA) is 110 Å². The van der Waals surface area contributed by atoms with Gasteiger partial charge in [-0.3, -0.25) is 0 Å². The van der Waals surface area contributed by atoms with Crippen molar-refractivity contribution < 1.29 is 29.6 Å². The summed E-state index contributed by atoms with van der Waals surface area (Å²) in [6.45, 7) is 14.5. The quantitative estimate of drug-likeness (QED) is 0.0623. The van der Waals surface area contributed by atoms with E-state index in [1.165, 1.54) is 0 Å². The van der Waals surface area contributed by atoms with Gasteiger partial charge in [-0.15, -0.1) is 0 Å². The summed E-state index contributed by atoms with van der Waals surface area (Å²) in [5, 5.41) is 32.1. The molecule has 0 saturated heterocycles. The van der Waals surface area contributed by atoms with Crippen LogP contribution in [-0.2, 0) is 26.2 Å². The Morgan fingerprint density at radius 3 is 0.950 bits per heavy atom. The Morgan fingerprint density at radius 2 is 0.667 bits per heavy atom. The summed E-state index contributed by atoms with van der Waals surface area (Å²) in [5.41, 5.74) is 3.22. The van der Waals surface area contributed by atoms with Crippen LogP contribution in [0, 0.1) is 5.41 Å². The van der Waals surface area contributed by atoms with Crippen molar-refractivity contribution in [3.05, 3.63) is 202 Å². The molecule has 0 spiro atoms. The fourth-order valence-electron chi connectivity index (χ4n) is 8.43. The summed E-state index contributed by atoms with van der Waals surface area (Å²) >= 11 is 0. The van der Waals surface area contributed by atoms with E-state index in [1.54, 1.807) is 12.1 Å². The molecule has 316 valence electrons. The molecule has 0 aromatic heterocycles. The minimum atomic E-state index is -5.93. The molecule has 0 aliphatic rings. The normalized spacial score (nSPS) is 13.8. The van der Waals surface area contributed by atoms with Crippen LogP contribution < -0.4 is 10.6 Å². The van der Waals surface area contributed by atoms with Crippen LogP contribution in [0.2, 0.25) is 0 Å². The summed E-state index contributed by atoms with van der Waals surface area (Å²) in [7, 11) is -5.93. The Hall–Kier alpha value is -4.49. The van der Waals surface area contributed by atoms with E-state index in [9.17, 15) is 25.1 Å². The first-order valence-corrected chi connectivity index (χ1v) is 22.9. The maximum absolute atomic E-state index is 14.1. The minimum absolute atomic E-state index is 0.199. The summed E-state index contributed by atoms with van der Waals surface area (Å²) in [6.07, 6.45) is 0. The molecule has 5 N–H and O–H groups in total. The van der Waals surface area contributed by atoms with Crippen molar-refractivity contribution in [3.8, 4) is 0 Å². The molecule has 0 unspecified atom stereocenters. The third-order valence-electron chi connectivity index (χ3n) is 13.3. The molecule has 6 aromatic rings. The van der Waals surface area contributed by atoms with Gasteiger partial charge in [0.1, 0.15) is 0 Å². The molecule has 6 rings (SSSR count). The van der Waals surface area contributed by atoms with Crippen LogP contribution in [0.5, 0.6) is 0 Å². The van der Waals surface area contributed by atoms with E-state index in [4.69, 9.17) is 4.52 Å². The summed E-state index contributed by atoms with van der Waals surface area (Å²) in [5.74, 6) is 0. The van der Waals surface area contributed by atoms with Crippen LogP contribution in [0.4, 0.5) is 0 Å². The zero-order valence-corrected chi connectivity index (χ0v) is 37.3. The van der Waals surface area contributed by atoms with Gasteiger partial charge in [0, 0.05) is 0 Å². The van der Waals surface area contributed by atoms with Crippen molar-refractivity contribution in [2.24, 2.45) is 5.41 Å². The number of hydrogen-bond acceptors (Lipinski definition) is 6. The van der Waals surface area contributed by atoms with Crippen LogP contribution in [0.3, 0.4) is 0 Å². The average molecular weight is 827 g/mol. The molecule has 0 fully saturated rings. The van der Waals surface area contributed by atoms with Crippen molar-refractivity contribution in [1.82, 2.24) is 0 Å². The molecule has 0 bridgehead atoms. The van der Waals surface area contributed by atoms with Crippen LogP contribution >= 0.6 is 7.28 Å². The molecule has 0 aliphatic carbocycles. The van der Waals surface area contributed by atoms with Crippen molar-refractivity contribution in [1.29, 1.82) is 0 Å². The number of rotatable bonds is 16. The Morgan fingerprint density at radius 1 is 0.383 bits per heavy atom. The van der Waals surface area contributed by atoms with Crippen molar-refractivity contribution >= 4 is 17.9 Å². The molecule has 6 nitrogen and oxygen atoms in total. The van der Waals surface area contributed by atoms with Gasteiger partial charge in [0.25, 0.3) is 0 Å². The first-order chi connectivity index (χ1) is 28.3. The molecule has 0 saturated carbocycles. The number of aliphatic hydroxyl groups is 3. The van der Waals surface area contributed by atoms with Gasteiger partial charge in [-0.25, -0.2) is 0 Å². The Balaban J connectivity index is 1.75. The third kappa shape index (κ3) is 8.15. The average Bonchev–Trinajstić information content (AvgIpc) is 3.28. The van der Waals surface area contributed by atoms with Gasteiger partial charge in [0.05, 0.1) is 0 Å². The van der Waals surface area contributed by atoms with E-state index in [0.29, 0.717) is 11.1 Å². The molecule has 7 heteroatoms. The molecule has 60 heavy (non-hydrogen) atoms. The fourth-order valence-corrected chi connectivity index (χ4v) is 11.7. The molecule has 0 atom stereocenters. The number of hydrogen-bond donors (Lipinski definition) is 5. The summed E-state index contributed by atoms with van der Waals surface area (Å²) in [4.78, 5) is 28.2. The van der Waals surface area contributed by atoms with Crippen LogP contribution in [0.1, 0.15) is 99.9 Å². The molecular formula is C53H63O6P. The monoisotopic (exact) mass is 826 g/mol. The standard InChI is InChI=1S/C53H63O6P/c1-49(2,39-21-13-9-14-22-39)43-29-31-47(45(33-43)51(5,6)41-25-17-11-18-26-41)60(57,58,59-38-53(35-54,36-55)37-56)48-32-30-44(50(3,4)40-23-15-10-16-24-40)34-46(48)52(7,8)42-27-19-12-20-28-42/h9-34,54-58H,35-38H2,1-8H3. The van der Waals surface area contributed by atoms with Crippen molar-refractivity contribution in [2.45, 2.75) is 77.0 Å². The number of aliphatic hydroxyl groups excluding tert-OH is 3. The number of benzene rings is 6. The van der Waals surface area contributed by atoms with E-state index < -0.39 is 60.8 Å². The second kappa shape index (κ2) is 16.8. The van der Waals surface area contributed by atoms with Crippen LogP contribution in [-0.4, -0.2) is 51.5 Å².